The van der Waals surface area contributed by atoms with E-state index in [9.17, 15) is 4.79 Å². The number of nitrogens with zero attached hydrogens (tertiary/aromatic N) is 1. The SMILES string of the molecule is Cc1cccnc1NC(=O)N[C@H](C)c1ccc2c(c1)OCCCO2. The lowest BCUT2D eigenvalue weighted by Gasteiger charge is -2.17. The maximum absolute atomic E-state index is 12.2. The standard InChI is InChI=1S/C18H21N3O3/c1-12-5-3-8-19-17(12)21-18(22)20-13(2)14-6-7-15-16(11-14)24-10-4-9-23-15/h3,5-8,11,13H,4,9-10H2,1-2H3,(H2,19,20,21,22)/t13-/m1/s1. The smallest absolute Gasteiger partial charge is 0.320 e. The van der Waals surface area contributed by atoms with E-state index in [1.54, 1.807) is 6.20 Å². The molecule has 0 unspecified atom stereocenters. The number of urea groups is 1. The summed E-state index contributed by atoms with van der Waals surface area (Å²) in [5, 5.41) is 5.67. The Labute approximate surface area is 141 Å². The molecule has 0 aliphatic carbocycles. The molecule has 6 heteroatoms. The van der Waals surface area contributed by atoms with E-state index in [0.29, 0.717) is 19.0 Å². The van der Waals surface area contributed by atoms with E-state index in [-0.39, 0.29) is 12.1 Å². The van der Waals surface area contributed by atoms with Crippen molar-refractivity contribution in [2.75, 3.05) is 18.5 Å². The van der Waals surface area contributed by atoms with Crippen LogP contribution >= 0.6 is 0 Å². The van der Waals surface area contributed by atoms with Gasteiger partial charge in [-0.05, 0) is 43.2 Å². The first-order chi connectivity index (χ1) is 11.6. The Morgan fingerprint density at radius 3 is 2.79 bits per heavy atom. The highest BCUT2D eigenvalue weighted by atomic mass is 16.5. The molecular weight excluding hydrogens is 306 g/mol. The van der Waals surface area contributed by atoms with E-state index in [4.69, 9.17) is 9.47 Å². The van der Waals surface area contributed by atoms with E-state index in [1.807, 2.05) is 44.2 Å². The van der Waals surface area contributed by atoms with Crippen LogP contribution in [-0.4, -0.2) is 24.2 Å². The number of pyridine rings is 1. The molecule has 0 saturated heterocycles. The van der Waals surface area contributed by atoms with Gasteiger partial charge in [0, 0.05) is 12.6 Å². The van der Waals surface area contributed by atoms with E-state index < -0.39 is 0 Å². The fraction of sp³-hybridized carbons (Fsp3) is 0.333. The molecule has 24 heavy (non-hydrogen) atoms. The van der Waals surface area contributed by atoms with Gasteiger partial charge in [-0.2, -0.15) is 0 Å². The number of nitrogens with one attached hydrogen (secondary N) is 2. The minimum Gasteiger partial charge on any atom is -0.490 e. The molecule has 1 aliphatic heterocycles. The van der Waals surface area contributed by atoms with Crippen molar-refractivity contribution in [2.24, 2.45) is 0 Å². The number of hydrogen-bond donors (Lipinski definition) is 2. The molecule has 1 aromatic heterocycles. The van der Waals surface area contributed by atoms with Crippen molar-refractivity contribution < 1.29 is 14.3 Å². The second-order valence-electron chi connectivity index (χ2n) is 5.75. The third-order valence-electron chi connectivity index (χ3n) is 3.86. The first-order valence-electron chi connectivity index (χ1n) is 8.02. The van der Waals surface area contributed by atoms with Crippen LogP contribution in [0.15, 0.2) is 36.5 Å². The van der Waals surface area contributed by atoms with E-state index in [0.717, 1.165) is 29.0 Å². The molecule has 0 fully saturated rings. The van der Waals surface area contributed by atoms with Crippen LogP contribution in [0, 0.1) is 6.92 Å². The van der Waals surface area contributed by atoms with Crippen molar-refractivity contribution in [1.29, 1.82) is 0 Å². The Balaban J connectivity index is 1.66. The molecule has 2 N–H and O–H groups in total. The largest absolute Gasteiger partial charge is 0.490 e. The molecule has 3 rings (SSSR count). The van der Waals surface area contributed by atoms with Gasteiger partial charge in [-0.1, -0.05) is 12.1 Å². The van der Waals surface area contributed by atoms with Crippen molar-refractivity contribution >= 4 is 11.8 Å². The van der Waals surface area contributed by atoms with Crippen LogP contribution in [0.25, 0.3) is 0 Å². The number of anilines is 1. The summed E-state index contributed by atoms with van der Waals surface area (Å²) in [6, 6.07) is 8.99. The molecule has 2 aromatic rings. The van der Waals surface area contributed by atoms with Gasteiger partial charge in [-0.25, -0.2) is 9.78 Å². The fourth-order valence-corrected chi connectivity index (χ4v) is 2.49. The number of hydrogen-bond acceptors (Lipinski definition) is 4. The normalized spacial score (nSPS) is 14.4. The van der Waals surface area contributed by atoms with E-state index >= 15 is 0 Å². The molecule has 2 heterocycles. The third kappa shape index (κ3) is 3.76. The number of fused-ring (bicyclic) bond motifs is 1. The summed E-state index contributed by atoms with van der Waals surface area (Å²) < 4.78 is 11.3. The molecule has 126 valence electrons. The molecule has 0 bridgehead atoms. The lowest BCUT2D eigenvalue weighted by atomic mass is 10.1. The second kappa shape index (κ2) is 7.21. The second-order valence-corrected chi connectivity index (χ2v) is 5.75. The summed E-state index contributed by atoms with van der Waals surface area (Å²) >= 11 is 0. The maximum Gasteiger partial charge on any atom is 0.320 e. The predicted molar refractivity (Wildman–Crippen MR) is 91.6 cm³/mol. The zero-order chi connectivity index (χ0) is 16.9. The van der Waals surface area contributed by atoms with Gasteiger partial charge in [0.1, 0.15) is 5.82 Å². The van der Waals surface area contributed by atoms with Crippen LogP contribution < -0.4 is 20.1 Å². The monoisotopic (exact) mass is 327 g/mol. The minimum absolute atomic E-state index is 0.175. The molecule has 0 spiro atoms. The van der Waals surface area contributed by atoms with Gasteiger partial charge in [0.15, 0.2) is 11.5 Å². The highest BCUT2D eigenvalue weighted by Crippen LogP contribution is 2.32. The lowest BCUT2D eigenvalue weighted by molar-refractivity contribution is 0.249. The number of amides is 2. The quantitative estimate of drug-likeness (QED) is 0.906. The number of rotatable bonds is 3. The molecule has 1 aliphatic rings. The van der Waals surface area contributed by atoms with Crippen molar-refractivity contribution in [3.8, 4) is 11.5 Å². The molecule has 1 atom stereocenters. The molecule has 2 amide bonds. The number of ether oxygens (including phenoxy) is 2. The van der Waals surface area contributed by atoms with Gasteiger partial charge < -0.3 is 14.8 Å². The van der Waals surface area contributed by atoms with Crippen LogP contribution in [-0.2, 0) is 0 Å². The Hall–Kier alpha value is -2.76. The predicted octanol–water partition coefficient (Wildman–Crippen LogP) is 3.43. The van der Waals surface area contributed by atoms with Crippen LogP contribution in [0.3, 0.4) is 0 Å². The number of carbonyl (C=O) groups excluding carboxylic acids is 1. The van der Waals surface area contributed by atoms with Gasteiger partial charge in [0.05, 0.1) is 19.3 Å². The lowest BCUT2D eigenvalue weighted by Crippen LogP contribution is -2.31. The summed E-state index contributed by atoms with van der Waals surface area (Å²) in [7, 11) is 0. The van der Waals surface area contributed by atoms with Crippen molar-refractivity contribution in [1.82, 2.24) is 10.3 Å². The number of carbonyl (C=O) groups is 1. The zero-order valence-corrected chi connectivity index (χ0v) is 13.8. The average molecular weight is 327 g/mol. The molecular formula is C18H21N3O3. The third-order valence-corrected chi connectivity index (χ3v) is 3.86. The van der Waals surface area contributed by atoms with Crippen LogP contribution in [0.1, 0.15) is 30.5 Å². The Kier molecular flexibility index (Phi) is 4.84. The van der Waals surface area contributed by atoms with Crippen LogP contribution in [0.4, 0.5) is 10.6 Å². The van der Waals surface area contributed by atoms with Crippen LogP contribution in [0.5, 0.6) is 11.5 Å². The molecule has 0 radical (unpaired) electrons. The van der Waals surface area contributed by atoms with Crippen LogP contribution in [0.2, 0.25) is 0 Å². The Morgan fingerprint density at radius 1 is 1.21 bits per heavy atom. The average Bonchev–Trinajstić information content (AvgIpc) is 2.81. The van der Waals surface area contributed by atoms with Gasteiger partial charge in [0.2, 0.25) is 0 Å². The number of benzene rings is 1. The first-order valence-corrected chi connectivity index (χ1v) is 8.02. The maximum atomic E-state index is 12.2. The van der Waals surface area contributed by atoms with Gasteiger partial charge >= 0.3 is 6.03 Å². The minimum atomic E-state index is -0.295. The van der Waals surface area contributed by atoms with Gasteiger partial charge in [0.25, 0.3) is 0 Å². The fourth-order valence-electron chi connectivity index (χ4n) is 2.49. The molecule has 6 nitrogen and oxygen atoms in total. The summed E-state index contributed by atoms with van der Waals surface area (Å²) in [6.07, 6.45) is 2.51. The van der Waals surface area contributed by atoms with E-state index in [2.05, 4.69) is 15.6 Å². The molecule has 1 aromatic carbocycles. The summed E-state index contributed by atoms with van der Waals surface area (Å²) in [6.45, 7) is 5.11. The van der Waals surface area contributed by atoms with E-state index in [1.165, 1.54) is 0 Å². The Bertz CT molecular complexity index is 733. The number of aromatic nitrogens is 1. The highest BCUT2D eigenvalue weighted by Gasteiger charge is 2.15. The summed E-state index contributed by atoms with van der Waals surface area (Å²) in [4.78, 5) is 16.3. The van der Waals surface area contributed by atoms with Gasteiger partial charge in [-0.3, -0.25) is 5.32 Å². The number of aryl methyl sites for hydroxylation is 1. The summed E-state index contributed by atoms with van der Waals surface area (Å²) in [5.74, 6) is 2.03. The van der Waals surface area contributed by atoms with Crippen molar-refractivity contribution in [3.63, 3.8) is 0 Å². The zero-order valence-electron chi connectivity index (χ0n) is 13.8. The van der Waals surface area contributed by atoms with Crippen molar-refractivity contribution in [3.05, 3.63) is 47.7 Å². The Morgan fingerprint density at radius 2 is 2.00 bits per heavy atom. The molecule has 0 saturated carbocycles. The summed E-state index contributed by atoms with van der Waals surface area (Å²) in [5.41, 5.74) is 1.86. The van der Waals surface area contributed by atoms with Crippen molar-refractivity contribution in [2.45, 2.75) is 26.3 Å². The van der Waals surface area contributed by atoms with Gasteiger partial charge in [-0.15, -0.1) is 0 Å². The highest BCUT2D eigenvalue weighted by molar-refractivity contribution is 5.89. The topological polar surface area (TPSA) is 72.5 Å². The first kappa shape index (κ1) is 16.1.